The zero-order chi connectivity index (χ0) is 22.5. The van der Waals surface area contributed by atoms with Crippen molar-refractivity contribution in [1.29, 1.82) is 0 Å². The Bertz CT molecular complexity index is 1230. The normalized spacial score (nSPS) is 11.1. The number of phenolic OH excluding ortho intramolecular Hbond substituents is 1. The summed E-state index contributed by atoms with van der Waals surface area (Å²) in [5.74, 6) is 0.915. The maximum absolute atomic E-state index is 12.2. The third-order valence-electron chi connectivity index (χ3n) is 4.94. The van der Waals surface area contributed by atoms with Crippen molar-refractivity contribution < 1.29 is 19.1 Å². The molecule has 0 radical (unpaired) electrons. The zero-order valence-electron chi connectivity index (χ0n) is 17.8. The van der Waals surface area contributed by atoms with Crippen molar-refractivity contribution in [2.75, 3.05) is 0 Å². The molecule has 2 aromatic carbocycles. The van der Waals surface area contributed by atoms with E-state index in [1.165, 1.54) is 23.7 Å². The Morgan fingerprint density at radius 3 is 2.47 bits per heavy atom. The minimum Gasteiger partial charge on any atom is -0.507 e. The molecule has 0 bridgehead atoms. The molecule has 0 fully saturated rings. The maximum Gasteiger partial charge on any atom is 0.307 e. The number of para-hydroxylation sites is 1. The Balaban J connectivity index is 1.32. The first-order chi connectivity index (χ1) is 15.5. The monoisotopic (exact) mass is 429 g/mol. The van der Waals surface area contributed by atoms with Crippen LogP contribution in [-0.4, -0.2) is 21.8 Å². The first-order valence-corrected chi connectivity index (χ1v) is 10.1. The number of carbonyl (C=O) groups excluding carboxylic acids is 1. The highest BCUT2D eigenvalue weighted by atomic mass is 16.5. The SMILES string of the molecule is Cc1ccc(C)n1-c1ccc(OCc2ccc(C(=O)NN=Cc3ccccc3O)o2)cc1. The lowest BCUT2D eigenvalue weighted by molar-refractivity contribution is 0.0923. The molecule has 0 aliphatic rings. The number of aryl methyl sites for hydroxylation is 2. The molecule has 0 saturated carbocycles. The molecule has 7 heteroatoms. The molecule has 0 spiro atoms. The highest BCUT2D eigenvalue weighted by molar-refractivity contribution is 5.92. The predicted molar refractivity (Wildman–Crippen MR) is 121 cm³/mol. The van der Waals surface area contributed by atoms with Crippen molar-refractivity contribution in [2.24, 2.45) is 5.10 Å². The Hall–Kier alpha value is -4.26. The molecule has 0 aliphatic carbocycles. The molecule has 7 nitrogen and oxygen atoms in total. The fourth-order valence-corrected chi connectivity index (χ4v) is 3.31. The molecule has 162 valence electrons. The number of aromatic hydroxyl groups is 1. The lowest BCUT2D eigenvalue weighted by Crippen LogP contribution is -2.16. The van der Waals surface area contributed by atoms with Crippen LogP contribution in [0.25, 0.3) is 5.69 Å². The van der Waals surface area contributed by atoms with E-state index in [1.807, 2.05) is 24.3 Å². The number of carbonyl (C=O) groups is 1. The van der Waals surface area contributed by atoms with Gasteiger partial charge in [-0.2, -0.15) is 5.10 Å². The second-order valence-corrected chi connectivity index (χ2v) is 7.26. The zero-order valence-corrected chi connectivity index (χ0v) is 17.8. The van der Waals surface area contributed by atoms with Crippen molar-refractivity contribution in [3.63, 3.8) is 0 Å². The lowest BCUT2D eigenvalue weighted by Gasteiger charge is -2.10. The first-order valence-electron chi connectivity index (χ1n) is 10.1. The van der Waals surface area contributed by atoms with E-state index in [-0.39, 0.29) is 18.1 Å². The van der Waals surface area contributed by atoms with Crippen LogP contribution < -0.4 is 10.2 Å². The number of hydrogen-bond donors (Lipinski definition) is 2. The molecule has 0 unspecified atom stereocenters. The van der Waals surface area contributed by atoms with Crippen LogP contribution in [0, 0.1) is 13.8 Å². The van der Waals surface area contributed by atoms with Gasteiger partial charge in [0.1, 0.15) is 23.9 Å². The highest BCUT2D eigenvalue weighted by Gasteiger charge is 2.11. The van der Waals surface area contributed by atoms with E-state index in [0.717, 1.165) is 5.69 Å². The summed E-state index contributed by atoms with van der Waals surface area (Å²) in [6, 6.07) is 21.9. The number of hydrazone groups is 1. The minimum atomic E-state index is -0.496. The van der Waals surface area contributed by atoms with Crippen LogP contribution in [0.3, 0.4) is 0 Å². The number of phenols is 1. The van der Waals surface area contributed by atoms with E-state index < -0.39 is 5.91 Å². The Morgan fingerprint density at radius 1 is 1.03 bits per heavy atom. The molecule has 0 saturated heterocycles. The van der Waals surface area contributed by atoms with Crippen LogP contribution in [0.5, 0.6) is 11.5 Å². The molecule has 32 heavy (non-hydrogen) atoms. The third kappa shape index (κ3) is 4.73. The molecule has 2 heterocycles. The number of nitrogens with one attached hydrogen (secondary N) is 1. The van der Waals surface area contributed by atoms with Gasteiger partial charge in [-0.25, -0.2) is 5.43 Å². The van der Waals surface area contributed by atoms with Gasteiger partial charge in [-0.1, -0.05) is 12.1 Å². The van der Waals surface area contributed by atoms with Crippen molar-refractivity contribution in [2.45, 2.75) is 20.5 Å². The lowest BCUT2D eigenvalue weighted by atomic mass is 10.2. The van der Waals surface area contributed by atoms with Crippen LogP contribution in [0.4, 0.5) is 0 Å². The van der Waals surface area contributed by atoms with Gasteiger partial charge in [0.05, 0.1) is 6.21 Å². The molecule has 4 aromatic rings. The van der Waals surface area contributed by atoms with Crippen LogP contribution >= 0.6 is 0 Å². The van der Waals surface area contributed by atoms with Crippen LogP contribution in [0.2, 0.25) is 0 Å². The van der Waals surface area contributed by atoms with Gasteiger partial charge < -0.3 is 18.8 Å². The smallest absolute Gasteiger partial charge is 0.307 e. The molecule has 1 amide bonds. The summed E-state index contributed by atoms with van der Waals surface area (Å²) in [6.07, 6.45) is 1.36. The van der Waals surface area contributed by atoms with Gasteiger partial charge in [-0.3, -0.25) is 4.79 Å². The van der Waals surface area contributed by atoms with Crippen LogP contribution in [0.1, 0.15) is 33.3 Å². The van der Waals surface area contributed by atoms with Gasteiger partial charge in [-0.05, 0) is 74.5 Å². The van der Waals surface area contributed by atoms with Crippen molar-refractivity contribution in [3.05, 3.63) is 101 Å². The Morgan fingerprint density at radius 2 is 1.75 bits per heavy atom. The fraction of sp³-hybridized carbons (Fsp3) is 0.120. The molecule has 0 aliphatic heterocycles. The van der Waals surface area contributed by atoms with Gasteiger partial charge in [0, 0.05) is 22.6 Å². The van der Waals surface area contributed by atoms with Gasteiger partial charge in [0.25, 0.3) is 0 Å². The number of rotatable bonds is 7. The number of nitrogens with zero attached hydrogens (tertiary/aromatic N) is 2. The number of furan rings is 1. The van der Waals surface area contributed by atoms with Gasteiger partial charge in [-0.15, -0.1) is 0 Å². The molecule has 4 rings (SSSR count). The summed E-state index contributed by atoms with van der Waals surface area (Å²) in [7, 11) is 0. The summed E-state index contributed by atoms with van der Waals surface area (Å²) < 4.78 is 13.5. The third-order valence-corrected chi connectivity index (χ3v) is 4.94. The highest BCUT2D eigenvalue weighted by Crippen LogP contribution is 2.21. The second kappa shape index (κ2) is 9.26. The van der Waals surface area contributed by atoms with E-state index in [4.69, 9.17) is 9.15 Å². The Labute approximate surface area is 185 Å². The van der Waals surface area contributed by atoms with E-state index in [1.54, 1.807) is 30.3 Å². The van der Waals surface area contributed by atoms with Crippen molar-refractivity contribution in [1.82, 2.24) is 9.99 Å². The maximum atomic E-state index is 12.2. The number of benzene rings is 2. The van der Waals surface area contributed by atoms with E-state index >= 15 is 0 Å². The first kappa shape index (κ1) is 21.0. The predicted octanol–water partition coefficient (Wildman–Crippen LogP) is 4.74. The van der Waals surface area contributed by atoms with Crippen molar-refractivity contribution >= 4 is 12.1 Å². The summed E-state index contributed by atoms with van der Waals surface area (Å²) in [5.41, 5.74) is 6.27. The summed E-state index contributed by atoms with van der Waals surface area (Å²) in [4.78, 5) is 12.2. The topological polar surface area (TPSA) is 89.0 Å². The van der Waals surface area contributed by atoms with E-state index in [9.17, 15) is 9.90 Å². The van der Waals surface area contributed by atoms with Crippen LogP contribution in [-0.2, 0) is 6.61 Å². The standard InChI is InChI=1S/C25H23N3O4/c1-17-7-8-18(2)28(17)20-9-11-21(12-10-20)31-16-22-13-14-24(32-22)25(30)27-26-15-19-5-3-4-6-23(19)29/h3-15,29H,16H2,1-2H3,(H,27,30). The average Bonchev–Trinajstić information content (AvgIpc) is 3.40. The van der Waals surface area contributed by atoms with Crippen molar-refractivity contribution in [3.8, 4) is 17.2 Å². The Kier molecular flexibility index (Phi) is 6.07. The summed E-state index contributed by atoms with van der Waals surface area (Å²) >= 11 is 0. The largest absolute Gasteiger partial charge is 0.507 e. The molecule has 0 atom stereocenters. The molecule has 2 N–H and O–H groups in total. The van der Waals surface area contributed by atoms with Gasteiger partial charge in [0.15, 0.2) is 5.76 Å². The number of ether oxygens (including phenoxy) is 1. The fourth-order valence-electron chi connectivity index (χ4n) is 3.31. The summed E-state index contributed by atoms with van der Waals surface area (Å²) in [5, 5.41) is 13.5. The summed E-state index contributed by atoms with van der Waals surface area (Å²) in [6.45, 7) is 4.33. The molecular formula is C25H23N3O4. The minimum absolute atomic E-state index is 0.0783. The van der Waals surface area contributed by atoms with E-state index in [0.29, 0.717) is 17.1 Å². The van der Waals surface area contributed by atoms with Gasteiger partial charge in [0.2, 0.25) is 0 Å². The second-order valence-electron chi connectivity index (χ2n) is 7.26. The number of aromatic nitrogens is 1. The quantitative estimate of drug-likeness (QED) is 0.328. The molecule has 2 aromatic heterocycles. The number of amides is 1. The van der Waals surface area contributed by atoms with Crippen LogP contribution in [0.15, 0.2) is 82.3 Å². The van der Waals surface area contributed by atoms with E-state index in [2.05, 4.69) is 41.1 Å². The van der Waals surface area contributed by atoms with Gasteiger partial charge >= 0.3 is 5.91 Å². The average molecular weight is 429 g/mol. The molecular weight excluding hydrogens is 406 g/mol. The number of hydrogen-bond acceptors (Lipinski definition) is 5.